The summed E-state index contributed by atoms with van der Waals surface area (Å²) in [5.41, 5.74) is 6.49. The summed E-state index contributed by atoms with van der Waals surface area (Å²) >= 11 is 2.40. The van der Waals surface area contributed by atoms with Crippen LogP contribution in [0, 0.1) is 11.3 Å². The molecule has 1 aromatic carbocycles. The van der Waals surface area contributed by atoms with Crippen LogP contribution < -0.4 is 10.5 Å². The largest absolute Gasteiger partial charge is 0.497 e. The van der Waals surface area contributed by atoms with Crippen LogP contribution in [-0.2, 0) is 25.7 Å². The number of methoxy groups -OCH3 is 1. The summed E-state index contributed by atoms with van der Waals surface area (Å²) in [6.45, 7) is 0.0763. The van der Waals surface area contributed by atoms with Crippen LogP contribution in [0.15, 0.2) is 35.7 Å². The standard InChI is InChI=1S/C20H20N4O5S2/c1-28-14-4-2-12(3-5-14)9-29-19(27)20(7-6-13-10-30-23-22-13)11-24-16(26)15(8-25)17(24)31-18(20)21/h2-8,10,15,17-18H,9,11,21H2,1H3/t15?,17-,18?,20?/m1/s1. The predicted octanol–water partition coefficient (Wildman–Crippen LogP) is 1.30. The predicted molar refractivity (Wildman–Crippen MR) is 115 cm³/mol. The van der Waals surface area contributed by atoms with Crippen molar-refractivity contribution in [3.63, 3.8) is 0 Å². The van der Waals surface area contributed by atoms with E-state index in [-0.39, 0.29) is 24.4 Å². The van der Waals surface area contributed by atoms with Crippen molar-refractivity contribution in [1.29, 1.82) is 0 Å². The molecule has 0 saturated carbocycles. The molecule has 4 rings (SSSR count). The fourth-order valence-electron chi connectivity index (χ4n) is 3.53. The van der Waals surface area contributed by atoms with Crippen molar-refractivity contribution in [1.82, 2.24) is 14.5 Å². The van der Waals surface area contributed by atoms with E-state index in [0.717, 1.165) is 5.56 Å². The Hall–Kier alpha value is -2.76. The highest BCUT2D eigenvalue weighted by Gasteiger charge is 2.60. The summed E-state index contributed by atoms with van der Waals surface area (Å²) in [6, 6.07) is 7.15. The smallest absolute Gasteiger partial charge is 0.320 e. The number of hydrogen-bond acceptors (Lipinski definition) is 10. The Labute approximate surface area is 186 Å². The lowest BCUT2D eigenvalue weighted by Crippen LogP contribution is -2.70. The summed E-state index contributed by atoms with van der Waals surface area (Å²) in [5, 5.41) is 4.61. The number of esters is 1. The molecule has 162 valence electrons. The zero-order chi connectivity index (χ0) is 22.0. The van der Waals surface area contributed by atoms with Crippen molar-refractivity contribution >= 4 is 47.5 Å². The maximum absolute atomic E-state index is 13.3. The second-order valence-electron chi connectivity index (χ2n) is 7.20. The first-order valence-corrected chi connectivity index (χ1v) is 11.2. The van der Waals surface area contributed by atoms with Crippen LogP contribution in [0.2, 0.25) is 0 Å². The molecule has 11 heteroatoms. The number of amides is 1. The van der Waals surface area contributed by atoms with E-state index in [1.807, 2.05) is 0 Å². The van der Waals surface area contributed by atoms with E-state index in [0.29, 0.717) is 17.7 Å². The molecule has 2 aromatic rings. The third-order valence-corrected chi connectivity index (χ3v) is 7.46. The molecule has 4 atom stereocenters. The summed E-state index contributed by atoms with van der Waals surface area (Å²) < 4.78 is 14.6. The fraction of sp³-hybridized carbons (Fsp3) is 0.350. The minimum atomic E-state index is -1.29. The van der Waals surface area contributed by atoms with Crippen LogP contribution in [0.25, 0.3) is 6.08 Å². The van der Waals surface area contributed by atoms with Crippen LogP contribution in [0.5, 0.6) is 5.75 Å². The minimum Gasteiger partial charge on any atom is -0.497 e. The Bertz CT molecular complexity index is 998. The lowest BCUT2D eigenvalue weighted by Gasteiger charge is -2.54. The van der Waals surface area contributed by atoms with Crippen molar-refractivity contribution < 1.29 is 23.9 Å². The number of benzene rings is 1. The van der Waals surface area contributed by atoms with Gasteiger partial charge >= 0.3 is 5.97 Å². The van der Waals surface area contributed by atoms with Crippen LogP contribution in [0.1, 0.15) is 11.3 Å². The van der Waals surface area contributed by atoms with Gasteiger partial charge in [-0.15, -0.1) is 16.9 Å². The molecular formula is C20H20N4O5S2. The van der Waals surface area contributed by atoms with Gasteiger partial charge in [0.05, 0.1) is 23.6 Å². The average Bonchev–Trinajstić information content (AvgIpc) is 3.31. The van der Waals surface area contributed by atoms with Gasteiger partial charge in [-0.1, -0.05) is 22.7 Å². The van der Waals surface area contributed by atoms with Crippen molar-refractivity contribution in [3.05, 3.63) is 47.0 Å². The SMILES string of the molecule is COc1ccc(COC(=O)C2(C=Cc3csnn3)CN3C(=O)C(C=O)[C@H]3SC2N)cc1. The van der Waals surface area contributed by atoms with Crippen LogP contribution in [-0.4, -0.2) is 57.1 Å². The first kappa shape index (κ1) is 21.5. The van der Waals surface area contributed by atoms with E-state index in [9.17, 15) is 14.4 Å². The molecule has 31 heavy (non-hydrogen) atoms. The maximum Gasteiger partial charge on any atom is 0.320 e. The number of rotatable bonds is 7. The average molecular weight is 461 g/mol. The van der Waals surface area contributed by atoms with E-state index >= 15 is 0 Å². The van der Waals surface area contributed by atoms with E-state index in [1.54, 1.807) is 48.9 Å². The summed E-state index contributed by atoms with van der Waals surface area (Å²) in [7, 11) is 1.57. The number of ether oxygens (including phenoxy) is 2. The van der Waals surface area contributed by atoms with Crippen molar-refractivity contribution in [2.24, 2.45) is 17.1 Å². The lowest BCUT2D eigenvalue weighted by atomic mass is 9.83. The number of carbonyl (C=O) groups excluding carboxylic acids is 3. The second-order valence-corrected chi connectivity index (χ2v) is 9.08. The van der Waals surface area contributed by atoms with Gasteiger partial charge in [-0.3, -0.25) is 9.59 Å². The molecule has 0 spiro atoms. The molecule has 1 amide bonds. The van der Waals surface area contributed by atoms with E-state index in [1.165, 1.54) is 28.2 Å². The molecule has 0 bridgehead atoms. The van der Waals surface area contributed by atoms with Gasteiger partial charge in [0.1, 0.15) is 30.0 Å². The summed E-state index contributed by atoms with van der Waals surface area (Å²) in [6.07, 6.45) is 3.92. The molecular weight excluding hydrogens is 440 g/mol. The topological polar surface area (TPSA) is 125 Å². The zero-order valence-corrected chi connectivity index (χ0v) is 18.2. The van der Waals surface area contributed by atoms with Crippen molar-refractivity contribution in [3.8, 4) is 5.75 Å². The number of fused-ring (bicyclic) bond motifs is 1. The Morgan fingerprint density at radius 1 is 1.39 bits per heavy atom. The van der Waals surface area contributed by atoms with Gasteiger partial charge in [-0.2, -0.15) is 0 Å². The fourth-order valence-corrected chi connectivity index (χ4v) is 5.42. The summed E-state index contributed by atoms with van der Waals surface area (Å²) in [4.78, 5) is 38.4. The number of nitrogens with zero attached hydrogens (tertiary/aromatic N) is 3. The Balaban J connectivity index is 1.57. The van der Waals surface area contributed by atoms with Gasteiger partial charge in [0, 0.05) is 11.9 Å². The van der Waals surface area contributed by atoms with Gasteiger partial charge in [0.25, 0.3) is 0 Å². The third-order valence-electron chi connectivity index (χ3n) is 5.39. The van der Waals surface area contributed by atoms with Gasteiger partial charge in [0.2, 0.25) is 5.91 Å². The van der Waals surface area contributed by atoms with Crippen molar-refractivity contribution in [2.45, 2.75) is 17.4 Å². The molecule has 0 aliphatic carbocycles. The van der Waals surface area contributed by atoms with Crippen LogP contribution in [0.4, 0.5) is 0 Å². The zero-order valence-electron chi connectivity index (χ0n) is 16.5. The monoisotopic (exact) mass is 460 g/mol. The number of nitrogens with two attached hydrogens (primary N) is 1. The minimum absolute atomic E-state index is 0.0323. The van der Waals surface area contributed by atoms with E-state index in [2.05, 4.69) is 9.59 Å². The van der Waals surface area contributed by atoms with Crippen LogP contribution in [0.3, 0.4) is 0 Å². The normalized spacial score (nSPS) is 27.5. The molecule has 3 heterocycles. The van der Waals surface area contributed by atoms with Gasteiger partial charge in [0.15, 0.2) is 0 Å². The molecule has 9 nitrogen and oxygen atoms in total. The molecule has 2 fully saturated rings. The highest BCUT2D eigenvalue weighted by atomic mass is 32.2. The van der Waals surface area contributed by atoms with Gasteiger partial charge in [-0.05, 0) is 35.3 Å². The lowest BCUT2D eigenvalue weighted by molar-refractivity contribution is -0.163. The maximum atomic E-state index is 13.3. The van der Waals surface area contributed by atoms with Gasteiger partial charge < -0.3 is 24.9 Å². The third kappa shape index (κ3) is 3.95. The summed E-state index contributed by atoms with van der Waals surface area (Å²) in [5.74, 6) is -0.890. The van der Waals surface area contributed by atoms with E-state index in [4.69, 9.17) is 15.2 Å². The van der Waals surface area contributed by atoms with Crippen LogP contribution >= 0.6 is 23.3 Å². The number of hydrogen-bond donors (Lipinski definition) is 1. The molecule has 3 unspecified atom stereocenters. The number of aldehydes is 1. The second kappa shape index (κ2) is 8.77. The number of carbonyl (C=O) groups is 3. The Morgan fingerprint density at radius 2 is 2.16 bits per heavy atom. The first-order valence-electron chi connectivity index (χ1n) is 9.42. The molecule has 1 aromatic heterocycles. The van der Waals surface area contributed by atoms with Crippen molar-refractivity contribution in [2.75, 3.05) is 13.7 Å². The Morgan fingerprint density at radius 3 is 2.81 bits per heavy atom. The molecule has 2 aliphatic rings. The highest BCUT2D eigenvalue weighted by Crippen LogP contribution is 2.48. The number of aromatic nitrogens is 2. The molecule has 2 N–H and O–H groups in total. The number of β-lactam (4-membered cyclic amide) rings is 1. The quantitative estimate of drug-likeness (QED) is 0.282. The van der Waals surface area contributed by atoms with E-state index < -0.39 is 22.7 Å². The number of thioether (sulfide) groups is 1. The Kier molecular flexibility index (Phi) is 6.08. The molecule has 0 radical (unpaired) electrons. The molecule has 2 saturated heterocycles. The molecule has 2 aliphatic heterocycles. The highest BCUT2D eigenvalue weighted by molar-refractivity contribution is 8.00. The first-order chi connectivity index (χ1) is 15.0. The van der Waals surface area contributed by atoms with Gasteiger partial charge in [-0.25, -0.2) is 0 Å².